The van der Waals surface area contributed by atoms with Crippen molar-refractivity contribution >= 4 is 16.4 Å². The van der Waals surface area contributed by atoms with E-state index < -0.39 is 10.5 Å². The summed E-state index contributed by atoms with van der Waals surface area (Å²) < 4.78 is 37.7. The number of nitrogens with zero attached hydrogens (tertiary/aromatic N) is 2. The number of pyridine rings is 1. The van der Waals surface area contributed by atoms with Crippen molar-refractivity contribution in [2.75, 3.05) is 0 Å². The van der Waals surface area contributed by atoms with Gasteiger partial charge in [-0.15, -0.1) is 0 Å². The summed E-state index contributed by atoms with van der Waals surface area (Å²) >= 11 is 0. The van der Waals surface area contributed by atoms with Crippen LogP contribution in [0.4, 0.5) is 3.89 Å². The molecule has 2 atom stereocenters. The number of carbonyl (C=O) groups is 1. The van der Waals surface area contributed by atoms with E-state index in [1.807, 2.05) is 13.8 Å². The van der Waals surface area contributed by atoms with Crippen LogP contribution >= 0.6 is 0 Å². The molecule has 0 radical (unpaired) electrons. The molecule has 1 aliphatic heterocycles. The minimum Gasteiger partial charge on any atom is -0.357 e. The van der Waals surface area contributed by atoms with E-state index in [9.17, 15) is 17.1 Å². The van der Waals surface area contributed by atoms with E-state index in [0.29, 0.717) is 0 Å². The Morgan fingerprint density at radius 1 is 1.45 bits per heavy atom. The van der Waals surface area contributed by atoms with Crippen LogP contribution in [0.2, 0.25) is 0 Å². The first-order chi connectivity index (χ1) is 10.3. The fourth-order valence-electron chi connectivity index (χ4n) is 2.90. The van der Waals surface area contributed by atoms with Gasteiger partial charge in [-0.05, 0) is 38.7 Å². The van der Waals surface area contributed by atoms with Crippen molar-refractivity contribution in [3.63, 3.8) is 0 Å². The lowest BCUT2D eigenvalue weighted by atomic mass is 9.94. The number of amides is 1. The predicted molar refractivity (Wildman–Crippen MR) is 78.5 cm³/mol. The second-order valence-corrected chi connectivity index (χ2v) is 6.39. The van der Waals surface area contributed by atoms with Gasteiger partial charge >= 0.3 is 10.5 Å². The van der Waals surface area contributed by atoms with Gasteiger partial charge in [0, 0.05) is 18.3 Å². The van der Waals surface area contributed by atoms with Crippen LogP contribution in [0, 0.1) is 0 Å². The fraction of sp³-hybridized carbons (Fsp3) is 0.571. The normalized spacial score (nSPS) is 22.4. The Bertz CT molecular complexity index is 650. The lowest BCUT2D eigenvalue weighted by molar-refractivity contribution is 0.0472. The van der Waals surface area contributed by atoms with E-state index in [4.69, 9.17) is 0 Å². The molecule has 1 aromatic heterocycles. The van der Waals surface area contributed by atoms with Gasteiger partial charge in [-0.1, -0.05) is 10.8 Å². The highest BCUT2D eigenvalue weighted by molar-refractivity contribution is 7.81. The molecule has 1 aliphatic rings. The molecule has 2 heterocycles. The van der Waals surface area contributed by atoms with Crippen molar-refractivity contribution in [3.05, 3.63) is 24.0 Å². The molecule has 6 nitrogen and oxygen atoms in total. The number of likely N-dealkylation sites (tertiary alicyclic amines) is 1. The van der Waals surface area contributed by atoms with Gasteiger partial charge in [0.1, 0.15) is 0 Å². The average molecular weight is 330 g/mol. The lowest BCUT2D eigenvalue weighted by Gasteiger charge is -2.40. The molecular formula is C14H19FN2O4S. The first-order valence-electron chi connectivity index (χ1n) is 7.23. The SMILES string of the molecule is CC[C@@H]1CCC[C@H](C)N1C(=O)c1cncc(OS(=O)(=O)F)c1. The summed E-state index contributed by atoms with van der Waals surface area (Å²) in [6, 6.07) is 1.44. The van der Waals surface area contributed by atoms with Crippen LogP contribution in [0.15, 0.2) is 18.5 Å². The second-order valence-electron chi connectivity index (χ2n) is 5.44. The maximum Gasteiger partial charge on any atom is 0.488 e. The number of rotatable bonds is 4. The molecule has 1 saturated heterocycles. The van der Waals surface area contributed by atoms with E-state index in [2.05, 4.69) is 9.17 Å². The highest BCUT2D eigenvalue weighted by atomic mass is 32.3. The molecule has 0 N–H and O–H groups in total. The molecule has 2 rings (SSSR count). The Balaban J connectivity index is 2.26. The Morgan fingerprint density at radius 3 is 2.82 bits per heavy atom. The molecule has 0 saturated carbocycles. The highest BCUT2D eigenvalue weighted by Crippen LogP contribution is 2.27. The van der Waals surface area contributed by atoms with Crippen LogP contribution in [0.1, 0.15) is 49.9 Å². The van der Waals surface area contributed by atoms with E-state index in [-0.39, 0.29) is 29.3 Å². The van der Waals surface area contributed by atoms with Gasteiger partial charge in [-0.2, -0.15) is 8.42 Å². The molecule has 1 aromatic rings. The van der Waals surface area contributed by atoms with Crippen molar-refractivity contribution < 1.29 is 21.3 Å². The molecule has 0 spiro atoms. The fourth-order valence-corrected chi connectivity index (χ4v) is 3.22. The van der Waals surface area contributed by atoms with E-state index in [1.54, 1.807) is 4.90 Å². The average Bonchev–Trinajstić information content (AvgIpc) is 2.44. The summed E-state index contributed by atoms with van der Waals surface area (Å²) in [5.74, 6) is -0.556. The van der Waals surface area contributed by atoms with Gasteiger partial charge < -0.3 is 9.08 Å². The van der Waals surface area contributed by atoms with Crippen LogP contribution in [0.3, 0.4) is 0 Å². The van der Waals surface area contributed by atoms with Crippen LogP contribution in [0.5, 0.6) is 5.75 Å². The molecule has 0 aromatic carbocycles. The van der Waals surface area contributed by atoms with Crippen LogP contribution in [-0.2, 0) is 10.5 Å². The minimum atomic E-state index is -5.14. The van der Waals surface area contributed by atoms with Gasteiger partial charge in [-0.3, -0.25) is 9.78 Å². The summed E-state index contributed by atoms with van der Waals surface area (Å²) in [4.78, 5) is 18.2. The predicted octanol–water partition coefficient (Wildman–Crippen LogP) is 2.47. The third kappa shape index (κ3) is 3.94. The molecular weight excluding hydrogens is 311 g/mol. The molecule has 0 bridgehead atoms. The first kappa shape index (κ1) is 16.7. The number of halogens is 1. The largest absolute Gasteiger partial charge is 0.488 e. The summed E-state index contributed by atoms with van der Waals surface area (Å²) in [5.41, 5.74) is 0.188. The molecule has 22 heavy (non-hydrogen) atoms. The van der Waals surface area contributed by atoms with E-state index >= 15 is 0 Å². The highest BCUT2D eigenvalue weighted by Gasteiger charge is 2.31. The summed E-state index contributed by atoms with van der Waals surface area (Å²) in [6.45, 7) is 4.01. The number of piperidine rings is 1. The van der Waals surface area contributed by atoms with Gasteiger partial charge in [0.25, 0.3) is 5.91 Å². The molecule has 0 aliphatic carbocycles. The van der Waals surface area contributed by atoms with Crippen molar-refractivity contribution in [3.8, 4) is 5.75 Å². The minimum absolute atomic E-state index is 0.0979. The zero-order valence-electron chi connectivity index (χ0n) is 12.5. The maximum absolute atomic E-state index is 12.7. The van der Waals surface area contributed by atoms with Crippen molar-refractivity contribution in [1.29, 1.82) is 0 Å². The van der Waals surface area contributed by atoms with Gasteiger partial charge in [0.15, 0.2) is 5.75 Å². The summed E-state index contributed by atoms with van der Waals surface area (Å²) in [6.07, 6.45) is 6.15. The number of aromatic nitrogens is 1. The Kier molecular flexibility index (Phi) is 5.00. The Labute approximate surface area is 129 Å². The lowest BCUT2D eigenvalue weighted by Crippen LogP contribution is -2.48. The monoisotopic (exact) mass is 330 g/mol. The number of carbonyl (C=O) groups excluding carboxylic acids is 1. The maximum atomic E-state index is 12.7. The smallest absolute Gasteiger partial charge is 0.357 e. The Hall–Kier alpha value is -1.70. The quantitative estimate of drug-likeness (QED) is 0.793. The molecule has 1 amide bonds. The van der Waals surface area contributed by atoms with Crippen LogP contribution < -0.4 is 4.18 Å². The summed E-state index contributed by atoms with van der Waals surface area (Å²) in [7, 11) is -5.14. The van der Waals surface area contributed by atoms with Crippen molar-refractivity contribution in [1.82, 2.24) is 9.88 Å². The summed E-state index contributed by atoms with van der Waals surface area (Å²) in [5, 5.41) is 0. The van der Waals surface area contributed by atoms with Gasteiger partial charge in [0.2, 0.25) is 0 Å². The van der Waals surface area contributed by atoms with Gasteiger partial charge in [-0.25, -0.2) is 0 Å². The zero-order chi connectivity index (χ0) is 16.3. The molecule has 8 heteroatoms. The zero-order valence-corrected chi connectivity index (χ0v) is 13.3. The van der Waals surface area contributed by atoms with Crippen LogP contribution in [-0.4, -0.2) is 36.3 Å². The van der Waals surface area contributed by atoms with Gasteiger partial charge in [0.05, 0.1) is 11.8 Å². The number of hydrogen-bond acceptors (Lipinski definition) is 5. The standard InChI is InChI=1S/C14H19FN2O4S/c1-3-12-6-4-5-10(2)17(12)14(18)11-7-13(9-16-8-11)21-22(15,19)20/h7-10,12H,3-6H2,1-2H3/t10-,12+/m0/s1. The first-order valence-corrected chi connectivity index (χ1v) is 8.54. The van der Waals surface area contributed by atoms with E-state index in [1.165, 1.54) is 12.3 Å². The molecule has 0 unspecified atom stereocenters. The third-order valence-electron chi connectivity index (χ3n) is 3.89. The topological polar surface area (TPSA) is 76.6 Å². The molecule has 122 valence electrons. The number of hydrogen-bond donors (Lipinski definition) is 0. The second kappa shape index (κ2) is 6.60. The van der Waals surface area contributed by atoms with Crippen molar-refractivity contribution in [2.45, 2.75) is 51.6 Å². The third-order valence-corrected chi connectivity index (χ3v) is 4.28. The Morgan fingerprint density at radius 2 is 2.18 bits per heavy atom. The van der Waals surface area contributed by atoms with Crippen molar-refractivity contribution in [2.24, 2.45) is 0 Å². The van der Waals surface area contributed by atoms with E-state index in [0.717, 1.165) is 31.9 Å². The van der Waals surface area contributed by atoms with Crippen LogP contribution in [0.25, 0.3) is 0 Å². The molecule has 1 fully saturated rings.